The summed E-state index contributed by atoms with van der Waals surface area (Å²) in [4.78, 5) is 23.9. The van der Waals surface area contributed by atoms with Crippen LogP contribution in [-0.4, -0.2) is 50.2 Å². The number of nitrogens with one attached hydrogen (secondary N) is 2. The second-order valence-electron chi connectivity index (χ2n) is 6.69. The quantitative estimate of drug-likeness (QED) is 0.651. The van der Waals surface area contributed by atoms with Crippen molar-refractivity contribution in [1.29, 1.82) is 0 Å². The Labute approximate surface area is 161 Å². The fraction of sp³-hybridized carbons (Fsp3) is 0.579. The van der Waals surface area contributed by atoms with E-state index in [1.54, 1.807) is 38.1 Å². The van der Waals surface area contributed by atoms with Gasteiger partial charge < -0.3 is 10.6 Å². The van der Waals surface area contributed by atoms with Crippen molar-refractivity contribution in [2.24, 2.45) is 0 Å². The molecular formula is C19H29N3O4S. The molecule has 1 fully saturated rings. The van der Waals surface area contributed by atoms with Crippen molar-refractivity contribution in [1.82, 2.24) is 14.9 Å². The summed E-state index contributed by atoms with van der Waals surface area (Å²) in [6.07, 6.45) is 4.57. The van der Waals surface area contributed by atoms with Crippen LogP contribution in [0.2, 0.25) is 0 Å². The first kappa shape index (κ1) is 21.4. The molecule has 1 aromatic rings. The molecule has 2 amide bonds. The molecule has 1 saturated carbocycles. The number of hydrogen-bond acceptors (Lipinski definition) is 4. The van der Waals surface area contributed by atoms with Crippen LogP contribution in [0.4, 0.5) is 0 Å². The average Bonchev–Trinajstić information content (AvgIpc) is 3.16. The highest BCUT2D eigenvalue weighted by molar-refractivity contribution is 7.89. The molecule has 27 heavy (non-hydrogen) atoms. The van der Waals surface area contributed by atoms with Gasteiger partial charge in [0.2, 0.25) is 10.0 Å². The first-order valence-electron chi connectivity index (χ1n) is 9.56. The molecular weight excluding hydrogens is 366 g/mol. The van der Waals surface area contributed by atoms with Gasteiger partial charge in [-0.1, -0.05) is 38.8 Å². The van der Waals surface area contributed by atoms with Crippen molar-refractivity contribution in [2.75, 3.05) is 19.6 Å². The highest BCUT2D eigenvalue weighted by atomic mass is 32.2. The van der Waals surface area contributed by atoms with E-state index in [0.29, 0.717) is 26.1 Å². The summed E-state index contributed by atoms with van der Waals surface area (Å²) < 4.78 is 26.3. The van der Waals surface area contributed by atoms with E-state index in [9.17, 15) is 18.0 Å². The van der Waals surface area contributed by atoms with E-state index in [1.807, 2.05) is 0 Å². The van der Waals surface area contributed by atoms with Crippen molar-refractivity contribution in [3.05, 3.63) is 29.8 Å². The molecule has 0 heterocycles. The van der Waals surface area contributed by atoms with Gasteiger partial charge >= 0.3 is 11.8 Å². The SMILES string of the molecule is CCN(CC)S(=O)(=O)c1ccc(CCNC(=O)C(=O)NC2CCCC2)cc1. The Hall–Kier alpha value is -1.93. The minimum Gasteiger partial charge on any atom is -0.348 e. The van der Waals surface area contributed by atoms with Crippen LogP contribution in [-0.2, 0) is 26.0 Å². The highest BCUT2D eigenvalue weighted by Crippen LogP contribution is 2.17. The zero-order valence-electron chi connectivity index (χ0n) is 16.0. The lowest BCUT2D eigenvalue weighted by atomic mass is 10.1. The van der Waals surface area contributed by atoms with Gasteiger partial charge in [0.1, 0.15) is 0 Å². The molecule has 0 saturated heterocycles. The maximum Gasteiger partial charge on any atom is 0.309 e. The van der Waals surface area contributed by atoms with Gasteiger partial charge in [0.05, 0.1) is 4.90 Å². The summed E-state index contributed by atoms with van der Waals surface area (Å²) in [5, 5.41) is 5.36. The fourth-order valence-electron chi connectivity index (χ4n) is 3.26. The third-order valence-corrected chi connectivity index (χ3v) is 6.93. The maximum atomic E-state index is 12.5. The average molecular weight is 396 g/mol. The number of sulfonamides is 1. The molecule has 1 aliphatic carbocycles. The van der Waals surface area contributed by atoms with Gasteiger partial charge in [0.15, 0.2) is 0 Å². The zero-order chi connectivity index (χ0) is 19.9. The lowest BCUT2D eigenvalue weighted by Gasteiger charge is -2.18. The Morgan fingerprint density at radius 3 is 2.19 bits per heavy atom. The molecule has 2 N–H and O–H groups in total. The van der Waals surface area contributed by atoms with Crippen LogP contribution in [0, 0.1) is 0 Å². The Morgan fingerprint density at radius 2 is 1.63 bits per heavy atom. The number of hydrogen-bond donors (Lipinski definition) is 2. The summed E-state index contributed by atoms with van der Waals surface area (Å²) in [7, 11) is -3.46. The highest BCUT2D eigenvalue weighted by Gasteiger charge is 2.22. The van der Waals surface area contributed by atoms with Crippen LogP contribution in [0.25, 0.3) is 0 Å². The third kappa shape index (κ3) is 5.77. The summed E-state index contributed by atoms with van der Waals surface area (Å²) in [6.45, 7) is 4.78. The minimum atomic E-state index is -3.46. The van der Waals surface area contributed by atoms with E-state index >= 15 is 0 Å². The molecule has 0 radical (unpaired) electrons. The number of carbonyl (C=O) groups is 2. The maximum absolute atomic E-state index is 12.5. The molecule has 0 bridgehead atoms. The molecule has 1 aromatic carbocycles. The molecule has 150 valence electrons. The molecule has 0 atom stereocenters. The minimum absolute atomic E-state index is 0.114. The summed E-state index contributed by atoms with van der Waals surface area (Å²) >= 11 is 0. The monoisotopic (exact) mass is 395 g/mol. The van der Waals surface area contributed by atoms with Crippen LogP contribution in [0.3, 0.4) is 0 Å². The molecule has 2 rings (SSSR count). The predicted molar refractivity (Wildman–Crippen MR) is 104 cm³/mol. The van der Waals surface area contributed by atoms with Gasteiger partial charge in [-0.2, -0.15) is 4.31 Å². The van der Waals surface area contributed by atoms with Crippen LogP contribution in [0.5, 0.6) is 0 Å². The molecule has 0 aliphatic heterocycles. The van der Waals surface area contributed by atoms with E-state index in [0.717, 1.165) is 31.2 Å². The smallest absolute Gasteiger partial charge is 0.309 e. The number of rotatable bonds is 8. The van der Waals surface area contributed by atoms with Crippen molar-refractivity contribution >= 4 is 21.8 Å². The Balaban J connectivity index is 1.82. The molecule has 0 unspecified atom stereocenters. The molecule has 7 nitrogen and oxygen atoms in total. The number of benzene rings is 1. The van der Waals surface area contributed by atoms with E-state index in [2.05, 4.69) is 10.6 Å². The first-order valence-corrected chi connectivity index (χ1v) is 11.0. The third-order valence-electron chi connectivity index (χ3n) is 4.86. The van der Waals surface area contributed by atoms with E-state index < -0.39 is 21.8 Å². The van der Waals surface area contributed by atoms with Gasteiger partial charge in [0, 0.05) is 25.7 Å². The van der Waals surface area contributed by atoms with Crippen molar-refractivity contribution < 1.29 is 18.0 Å². The Kier molecular flexibility index (Phi) is 7.79. The van der Waals surface area contributed by atoms with E-state index in [1.165, 1.54) is 4.31 Å². The second-order valence-corrected chi connectivity index (χ2v) is 8.63. The lowest BCUT2D eigenvalue weighted by Crippen LogP contribution is -2.44. The predicted octanol–water partition coefficient (Wildman–Crippen LogP) is 1.43. The molecule has 0 aromatic heterocycles. The van der Waals surface area contributed by atoms with Gasteiger partial charge in [-0.25, -0.2) is 8.42 Å². The Morgan fingerprint density at radius 1 is 1.04 bits per heavy atom. The number of amides is 2. The number of nitrogens with zero attached hydrogens (tertiary/aromatic N) is 1. The molecule has 0 spiro atoms. The number of carbonyl (C=O) groups excluding carboxylic acids is 2. The molecule has 8 heteroatoms. The van der Waals surface area contributed by atoms with E-state index in [4.69, 9.17) is 0 Å². The van der Waals surface area contributed by atoms with Crippen molar-refractivity contribution in [3.63, 3.8) is 0 Å². The van der Waals surface area contributed by atoms with Crippen LogP contribution >= 0.6 is 0 Å². The second kappa shape index (κ2) is 9.85. The van der Waals surface area contributed by atoms with Gasteiger partial charge in [-0.15, -0.1) is 0 Å². The van der Waals surface area contributed by atoms with Crippen LogP contribution < -0.4 is 10.6 Å². The molecule has 1 aliphatic rings. The fourth-order valence-corrected chi connectivity index (χ4v) is 4.72. The lowest BCUT2D eigenvalue weighted by molar-refractivity contribution is -0.139. The van der Waals surface area contributed by atoms with Crippen LogP contribution in [0.1, 0.15) is 45.1 Å². The Bertz CT molecular complexity index is 737. The summed E-state index contributed by atoms with van der Waals surface area (Å²) in [5.41, 5.74) is 0.894. The van der Waals surface area contributed by atoms with Crippen molar-refractivity contribution in [3.8, 4) is 0 Å². The first-order chi connectivity index (χ1) is 12.9. The standard InChI is InChI=1S/C19H29N3O4S/c1-3-22(4-2)27(25,26)17-11-9-15(10-12-17)13-14-20-18(23)19(24)21-16-7-5-6-8-16/h9-12,16H,3-8,13-14H2,1-2H3,(H,20,23)(H,21,24). The van der Waals surface area contributed by atoms with Gasteiger partial charge in [-0.05, 0) is 37.0 Å². The van der Waals surface area contributed by atoms with Crippen molar-refractivity contribution in [2.45, 2.75) is 56.9 Å². The summed E-state index contributed by atoms with van der Waals surface area (Å²) in [6, 6.07) is 6.75. The summed E-state index contributed by atoms with van der Waals surface area (Å²) in [5.74, 6) is -1.20. The zero-order valence-corrected chi connectivity index (χ0v) is 16.8. The topological polar surface area (TPSA) is 95.6 Å². The van der Waals surface area contributed by atoms with Gasteiger partial charge in [-0.3, -0.25) is 9.59 Å². The van der Waals surface area contributed by atoms with Crippen LogP contribution in [0.15, 0.2) is 29.2 Å². The normalized spacial score (nSPS) is 15.1. The largest absolute Gasteiger partial charge is 0.348 e. The van der Waals surface area contributed by atoms with E-state index in [-0.39, 0.29) is 10.9 Å². The van der Waals surface area contributed by atoms with Gasteiger partial charge in [0.25, 0.3) is 0 Å².